The molecule has 23 heavy (non-hydrogen) atoms. The number of ether oxygens (including phenoxy) is 3. The van der Waals surface area contributed by atoms with E-state index in [4.69, 9.17) is 14.2 Å². The summed E-state index contributed by atoms with van der Waals surface area (Å²) in [7, 11) is 4.70. The molecule has 0 spiro atoms. The molecule has 0 aliphatic carbocycles. The highest BCUT2D eigenvalue weighted by Gasteiger charge is 2.14. The molecule has 0 fully saturated rings. The molecule has 3 rings (SSSR count). The van der Waals surface area contributed by atoms with Crippen molar-refractivity contribution in [3.05, 3.63) is 48.5 Å². The molecule has 0 saturated heterocycles. The van der Waals surface area contributed by atoms with Crippen molar-refractivity contribution in [1.29, 1.82) is 0 Å². The van der Waals surface area contributed by atoms with Crippen molar-refractivity contribution in [1.82, 2.24) is 0 Å². The number of aromatic hydroxyl groups is 1. The second kappa shape index (κ2) is 6.08. The van der Waals surface area contributed by atoms with E-state index >= 15 is 0 Å². The molecule has 0 aliphatic heterocycles. The molecule has 0 heterocycles. The van der Waals surface area contributed by atoms with E-state index in [2.05, 4.69) is 0 Å². The molecule has 1 N–H and O–H groups in total. The maximum Gasteiger partial charge on any atom is 0.200 e. The van der Waals surface area contributed by atoms with Gasteiger partial charge in [0.15, 0.2) is 11.5 Å². The van der Waals surface area contributed by atoms with Crippen LogP contribution < -0.4 is 14.2 Å². The van der Waals surface area contributed by atoms with Crippen molar-refractivity contribution in [3.8, 4) is 34.1 Å². The van der Waals surface area contributed by atoms with Crippen LogP contribution in [-0.2, 0) is 0 Å². The molecule has 0 saturated carbocycles. The number of methoxy groups -OCH3 is 3. The van der Waals surface area contributed by atoms with Crippen LogP contribution in [0, 0.1) is 0 Å². The Morgan fingerprint density at radius 1 is 0.696 bits per heavy atom. The van der Waals surface area contributed by atoms with Crippen LogP contribution in [0.25, 0.3) is 21.9 Å². The van der Waals surface area contributed by atoms with E-state index in [0.29, 0.717) is 11.5 Å². The van der Waals surface area contributed by atoms with Gasteiger partial charge < -0.3 is 19.3 Å². The average molecular weight is 310 g/mol. The SMILES string of the molecule is COc1cc(-c2ccc(OC)c3ccccc23)cc(OC)c1O. The van der Waals surface area contributed by atoms with Gasteiger partial charge in [0.05, 0.1) is 21.3 Å². The second-order valence-corrected chi connectivity index (χ2v) is 5.09. The van der Waals surface area contributed by atoms with Crippen LogP contribution >= 0.6 is 0 Å². The zero-order valence-corrected chi connectivity index (χ0v) is 13.3. The zero-order chi connectivity index (χ0) is 16.4. The number of benzene rings is 3. The summed E-state index contributed by atoms with van der Waals surface area (Å²) in [6.07, 6.45) is 0. The lowest BCUT2D eigenvalue weighted by Crippen LogP contribution is -1.92. The third kappa shape index (κ3) is 2.52. The van der Waals surface area contributed by atoms with E-state index in [1.807, 2.05) is 36.4 Å². The highest BCUT2D eigenvalue weighted by Crippen LogP contribution is 2.42. The maximum atomic E-state index is 10.1. The Balaban J connectivity index is 2.29. The summed E-state index contributed by atoms with van der Waals surface area (Å²) < 4.78 is 15.9. The average Bonchev–Trinajstić information content (AvgIpc) is 2.61. The van der Waals surface area contributed by atoms with Crippen molar-refractivity contribution in [2.75, 3.05) is 21.3 Å². The quantitative estimate of drug-likeness (QED) is 0.783. The highest BCUT2D eigenvalue weighted by molar-refractivity contribution is 6.00. The molecule has 0 amide bonds. The van der Waals surface area contributed by atoms with Crippen LogP contribution in [0.4, 0.5) is 0 Å². The molecular formula is C19H18O4. The van der Waals surface area contributed by atoms with Crippen LogP contribution in [0.3, 0.4) is 0 Å². The number of rotatable bonds is 4. The predicted molar refractivity (Wildman–Crippen MR) is 90.7 cm³/mol. The standard InChI is InChI=1S/C19H18O4/c1-21-16-9-8-13(14-6-4-5-7-15(14)16)12-10-17(22-2)19(20)18(11-12)23-3/h4-11,20H,1-3H3. The zero-order valence-electron chi connectivity index (χ0n) is 13.3. The fourth-order valence-electron chi connectivity index (χ4n) is 2.75. The molecule has 0 atom stereocenters. The Bertz CT molecular complexity index is 830. The summed E-state index contributed by atoms with van der Waals surface area (Å²) in [4.78, 5) is 0. The van der Waals surface area contributed by atoms with E-state index in [1.54, 1.807) is 19.2 Å². The molecular weight excluding hydrogens is 292 g/mol. The van der Waals surface area contributed by atoms with E-state index in [-0.39, 0.29) is 5.75 Å². The summed E-state index contributed by atoms with van der Waals surface area (Å²) in [6.45, 7) is 0. The van der Waals surface area contributed by atoms with Gasteiger partial charge in [-0.25, -0.2) is 0 Å². The minimum Gasteiger partial charge on any atom is -0.502 e. The van der Waals surface area contributed by atoms with Crippen LogP contribution in [0.2, 0.25) is 0 Å². The molecule has 0 aromatic heterocycles. The van der Waals surface area contributed by atoms with Crippen molar-refractivity contribution in [2.24, 2.45) is 0 Å². The lowest BCUT2D eigenvalue weighted by Gasteiger charge is -2.14. The van der Waals surface area contributed by atoms with E-state index in [1.165, 1.54) is 14.2 Å². The van der Waals surface area contributed by atoms with Crippen molar-refractivity contribution in [3.63, 3.8) is 0 Å². The predicted octanol–water partition coefficient (Wildman–Crippen LogP) is 4.24. The third-order valence-corrected chi connectivity index (χ3v) is 3.89. The smallest absolute Gasteiger partial charge is 0.200 e. The minimum absolute atomic E-state index is 0.00318. The summed E-state index contributed by atoms with van der Waals surface area (Å²) >= 11 is 0. The third-order valence-electron chi connectivity index (χ3n) is 3.89. The molecule has 0 aliphatic rings. The summed E-state index contributed by atoms with van der Waals surface area (Å²) in [5.74, 6) is 1.57. The van der Waals surface area contributed by atoms with E-state index in [9.17, 15) is 5.11 Å². The number of fused-ring (bicyclic) bond motifs is 1. The first-order valence-electron chi connectivity index (χ1n) is 7.20. The summed E-state index contributed by atoms with van der Waals surface area (Å²) in [5.41, 5.74) is 1.91. The van der Waals surface area contributed by atoms with Crippen LogP contribution in [0.15, 0.2) is 48.5 Å². The molecule has 0 unspecified atom stereocenters. The monoisotopic (exact) mass is 310 g/mol. The van der Waals surface area contributed by atoms with Gasteiger partial charge in [-0.1, -0.05) is 30.3 Å². The first-order chi connectivity index (χ1) is 11.2. The van der Waals surface area contributed by atoms with Gasteiger partial charge in [0, 0.05) is 5.39 Å². The molecule has 3 aromatic rings. The highest BCUT2D eigenvalue weighted by atomic mass is 16.5. The van der Waals surface area contributed by atoms with Gasteiger partial charge in [0.1, 0.15) is 5.75 Å². The van der Waals surface area contributed by atoms with Crippen LogP contribution in [0.1, 0.15) is 0 Å². The molecule has 3 aromatic carbocycles. The lowest BCUT2D eigenvalue weighted by atomic mass is 9.97. The van der Waals surface area contributed by atoms with Gasteiger partial charge in [-0.3, -0.25) is 0 Å². The Labute approximate surface area is 134 Å². The normalized spacial score (nSPS) is 10.6. The molecule has 4 nitrogen and oxygen atoms in total. The number of phenolic OH excluding ortho intramolecular Hbond substituents is 1. The summed E-state index contributed by atoms with van der Waals surface area (Å²) in [6, 6.07) is 15.5. The first-order valence-corrected chi connectivity index (χ1v) is 7.20. The fourth-order valence-corrected chi connectivity index (χ4v) is 2.75. The van der Waals surface area contributed by atoms with E-state index in [0.717, 1.165) is 27.6 Å². The van der Waals surface area contributed by atoms with Crippen molar-refractivity contribution in [2.45, 2.75) is 0 Å². The van der Waals surface area contributed by atoms with Gasteiger partial charge in [-0.15, -0.1) is 0 Å². The number of hydrogen-bond donors (Lipinski definition) is 1. The summed E-state index contributed by atoms with van der Waals surface area (Å²) in [5, 5.41) is 12.2. The van der Waals surface area contributed by atoms with E-state index < -0.39 is 0 Å². The molecule has 0 radical (unpaired) electrons. The van der Waals surface area contributed by atoms with Crippen molar-refractivity contribution >= 4 is 10.8 Å². The largest absolute Gasteiger partial charge is 0.502 e. The minimum atomic E-state index is -0.00318. The van der Waals surface area contributed by atoms with Gasteiger partial charge in [-0.05, 0) is 34.7 Å². The van der Waals surface area contributed by atoms with Gasteiger partial charge in [-0.2, -0.15) is 0 Å². The Morgan fingerprint density at radius 3 is 1.83 bits per heavy atom. The van der Waals surface area contributed by atoms with Crippen molar-refractivity contribution < 1.29 is 19.3 Å². The Kier molecular flexibility index (Phi) is 3.98. The lowest BCUT2D eigenvalue weighted by molar-refractivity contribution is 0.340. The fraction of sp³-hybridized carbons (Fsp3) is 0.158. The van der Waals surface area contributed by atoms with Gasteiger partial charge >= 0.3 is 0 Å². The Morgan fingerprint density at radius 2 is 1.26 bits per heavy atom. The van der Waals surface area contributed by atoms with Gasteiger partial charge in [0.25, 0.3) is 0 Å². The topological polar surface area (TPSA) is 47.9 Å². The second-order valence-electron chi connectivity index (χ2n) is 5.09. The number of hydrogen-bond acceptors (Lipinski definition) is 4. The Hall–Kier alpha value is -2.88. The first kappa shape index (κ1) is 15.0. The maximum absolute atomic E-state index is 10.1. The molecule has 0 bridgehead atoms. The van der Waals surface area contributed by atoms with Gasteiger partial charge in [0.2, 0.25) is 5.75 Å². The molecule has 4 heteroatoms. The van der Waals surface area contributed by atoms with Crippen LogP contribution in [0.5, 0.6) is 23.0 Å². The number of phenols is 1. The molecule has 118 valence electrons. The van der Waals surface area contributed by atoms with Crippen LogP contribution in [-0.4, -0.2) is 26.4 Å².